The lowest BCUT2D eigenvalue weighted by Crippen LogP contribution is -2.00. The summed E-state index contributed by atoms with van der Waals surface area (Å²) in [6, 6.07) is 1.36. The van der Waals surface area contributed by atoms with E-state index < -0.39 is 0 Å². The molecule has 1 aromatic rings. The summed E-state index contributed by atoms with van der Waals surface area (Å²) in [6.45, 7) is 0. The second-order valence-electron chi connectivity index (χ2n) is 1.10. The molecule has 10 heavy (non-hydrogen) atoms. The lowest BCUT2D eigenvalue weighted by Gasteiger charge is -1.73. The molecule has 0 aliphatic rings. The molecule has 0 amide bonds. The molecular weight excluding hydrogens is 198 g/mol. The number of nitrogens with one attached hydrogen (secondary N) is 1. The topological polar surface area (TPSA) is 45.8 Å². The molecule has 0 fully saturated rings. The first-order chi connectivity index (χ1) is 3.39. The van der Waals surface area contributed by atoms with Crippen LogP contribution in [-0.4, -0.2) is 9.97 Å². The Hall–Kier alpha value is -0.250. The van der Waals surface area contributed by atoms with Crippen molar-refractivity contribution in [3.63, 3.8) is 0 Å². The maximum atomic E-state index is 10.2. The van der Waals surface area contributed by atoms with Gasteiger partial charge in [-0.1, -0.05) is 0 Å². The van der Waals surface area contributed by atoms with Crippen molar-refractivity contribution in [1.29, 1.82) is 0 Å². The maximum Gasteiger partial charge on any atom is 0.250 e. The number of hydrogen-bond acceptors (Lipinski definition) is 2. The normalized spacial score (nSPS) is 6.00. The average molecular weight is 205 g/mol. The summed E-state index contributed by atoms with van der Waals surface area (Å²) >= 11 is 0. The van der Waals surface area contributed by atoms with Crippen molar-refractivity contribution in [1.82, 2.24) is 9.97 Å². The standard InChI is InChI=1S/C4H4N2O.3ClH/c7-4-1-2-5-3-6-4;;;/h1-3H,(H,5,6,7);3*1H. The molecule has 1 N–H and O–H groups in total. The number of aromatic nitrogens is 2. The fraction of sp³-hybridized carbons (Fsp3) is 0. The minimum absolute atomic E-state index is 0. The number of rotatable bonds is 0. The van der Waals surface area contributed by atoms with Gasteiger partial charge in [-0.2, -0.15) is 0 Å². The van der Waals surface area contributed by atoms with Gasteiger partial charge in [0.2, 0.25) is 0 Å². The summed E-state index contributed by atoms with van der Waals surface area (Å²) in [4.78, 5) is 16.1. The predicted octanol–water partition coefficient (Wildman–Crippen LogP) is 1.04. The molecule has 0 aromatic carbocycles. The summed E-state index contributed by atoms with van der Waals surface area (Å²) in [5.74, 6) is 0. The van der Waals surface area contributed by atoms with Gasteiger partial charge in [-0.25, -0.2) is 4.98 Å². The van der Waals surface area contributed by atoms with Crippen LogP contribution in [0.1, 0.15) is 0 Å². The first-order valence-corrected chi connectivity index (χ1v) is 1.88. The van der Waals surface area contributed by atoms with Gasteiger partial charge in [-0.15, -0.1) is 37.2 Å². The van der Waals surface area contributed by atoms with E-state index in [0.29, 0.717) is 0 Å². The molecule has 0 atom stereocenters. The van der Waals surface area contributed by atoms with Crippen LogP contribution in [0, 0.1) is 0 Å². The largest absolute Gasteiger partial charge is 0.313 e. The van der Waals surface area contributed by atoms with Crippen LogP contribution in [0.5, 0.6) is 0 Å². The highest BCUT2D eigenvalue weighted by atomic mass is 35.5. The van der Waals surface area contributed by atoms with E-state index in [4.69, 9.17) is 0 Å². The highest BCUT2D eigenvalue weighted by molar-refractivity contribution is 5.86. The quantitative estimate of drug-likeness (QED) is 0.688. The molecule has 1 heterocycles. The van der Waals surface area contributed by atoms with E-state index in [1.807, 2.05) is 0 Å². The van der Waals surface area contributed by atoms with Crippen LogP contribution < -0.4 is 5.56 Å². The zero-order valence-electron chi connectivity index (χ0n) is 4.81. The SMILES string of the molecule is Cl.Cl.Cl.O=c1ccnc[nH]1. The van der Waals surface area contributed by atoms with Gasteiger partial charge in [0.25, 0.3) is 5.56 Å². The van der Waals surface area contributed by atoms with E-state index in [0.717, 1.165) is 0 Å². The number of halogens is 3. The molecule has 0 bridgehead atoms. The first-order valence-electron chi connectivity index (χ1n) is 1.88. The van der Waals surface area contributed by atoms with Gasteiger partial charge < -0.3 is 4.98 Å². The highest BCUT2D eigenvalue weighted by Crippen LogP contribution is 1.57. The third kappa shape index (κ3) is 5.88. The van der Waals surface area contributed by atoms with Crippen LogP contribution in [0.25, 0.3) is 0 Å². The third-order valence-corrected chi connectivity index (χ3v) is 0.593. The molecule has 1 rings (SSSR count). The smallest absolute Gasteiger partial charge is 0.250 e. The van der Waals surface area contributed by atoms with Crippen LogP contribution in [-0.2, 0) is 0 Å². The summed E-state index contributed by atoms with van der Waals surface area (Å²) in [7, 11) is 0. The van der Waals surface area contributed by atoms with Crippen molar-refractivity contribution in [2.45, 2.75) is 0 Å². The van der Waals surface area contributed by atoms with Crippen molar-refractivity contribution in [2.24, 2.45) is 0 Å². The van der Waals surface area contributed by atoms with Crippen LogP contribution >= 0.6 is 37.2 Å². The fourth-order valence-corrected chi connectivity index (χ4v) is 0.303. The Morgan fingerprint density at radius 3 is 2.10 bits per heavy atom. The summed E-state index contributed by atoms with van der Waals surface area (Å²) < 4.78 is 0. The lowest BCUT2D eigenvalue weighted by atomic mass is 10.7. The lowest BCUT2D eigenvalue weighted by molar-refractivity contribution is 1.12. The Morgan fingerprint density at radius 2 is 1.90 bits per heavy atom. The molecule has 0 radical (unpaired) electrons. The molecule has 1 aromatic heterocycles. The van der Waals surface area contributed by atoms with Crippen LogP contribution in [0.15, 0.2) is 23.4 Å². The molecule has 0 saturated carbocycles. The Kier molecular flexibility index (Phi) is 14.3. The predicted molar refractivity (Wildman–Crippen MR) is 46.6 cm³/mol. The zero-order chi connectivity index (χ0) is 5.11. The second-order valence-corrected chi connectivity index (χ2v) is 1.10. The molecule has 60 valence electrons. The van der Waals surface area contributed by atoms with Gasteiger partial charge in [0, 0.05) is 12.3 Å². The van der Waals surface area contributed by atoms with Gasteiger partial charge >= 0.3 is 0 Å². The Morgan fingerprint density at radius 1 is 1.30 bits per heavy atom. The number of aromatic amines is 1. The van der Waals surface area contributed by atoms with Crippen LogP contribution in [0.3, 0.4) is 0 Å². The van der Waals surface area contributed by atoms with Crippen molar-refractivity contribution < 1.29 is 0 Å². The highest BCUT2D eigenvalue weighted by Gasteiger charge is 1.70. The number of H-pyrrole nitrogens is 1. The van der Waals surface area contributed by atoms with E-state index in [1.165, 1.54) is 18.6 Å². The molecule has 0 aliphatic carbocycles. The van der Waals surface area contributed by atoms with E-state index >= 15 is 0 Å². The first kappa shape index (κ1) is 16.4. The average Bonchev–Trinajstić information content (AvgIpc) is 1.69. The number of nitrogens with zero attached hydrogens (tertiary/aromatic N) is 1. The summed E-state index contributed by atoms with van der Waals surface area (Å²) in [5, 5.41) is 0. The molecule has 0 saturated heterocycles. The van der Waals surface area contributed by atoms with Crippen molar-refractivity contribution >= 4 is 37.2 Å². The van der Waals surface area contributed by atoms with Crippen molar-refractivity contribution in [3.8, 4) is 0 Å². The van der Waals surface area contributed by atoms with Gasteiger partial charge in [-0.3, -0.25) is 4.79 Å². The zero-order valence-corrected chi connectivity index (χ0v) is 7.26. The van der Waals surface area contributed by atoms with E-state index in [9.17, 15) is 4.79 Å². The Labute approximate surface area is 76.5 Å². The maximum absolute atomic E-state index is 10.2. The van der Waals surface area contributed by atoms with Gasteiger partial charge in [0.1, 0.15) is 0 Å². The van der Waals surface area contributed by atoms with Crippen LogP contribution in [0.2, 0.25) is 0 Å². The second kappa shape index (κ2) is 8.75. The molecule has 0 spiro atoms. The van der Waals surface area contributed by atoms with Crippen molar-refractivity contribution in [2.75, 3.05) is 0 Å². The molecule has 3 nitrogen and oxygen atoms in total. The Balaban J connectivity index is -0.000000163. The number of hydrogen-bond donors (Lipinski definition) is 1. The van der Waals surface area contributed by atoms with E-state index in [1.54, 1.807) is 0 Å². The molecule has 0 unspecified atom stereocenters. The van der Waals surface area contributed by atoms with E-state index in [-0.39, 0.29) is 42.8 Å². The minimum Gasteiger partial charge on any atom is -0.313 e. The monoisotopic (exact) mass is 204 g/mol. The van der Waals surface area contributed by atoms with Gasteiger partial charge in [0.05, 0.1) is 6.33 Å². The minimum atomic E-state index is -0.116. The molecular formula is C4H7Cl3N2O. The fourth-order valence-electron chi connectivity index (χ4n) is 0.303. The van der Waals surface area contributed by atoms with Gasteiger partial charge in [0.15, 0.2) is 0 Å². The van der Waals surface area contributed by atoms with Gasteiger partial charge in [-0.05, 0) is 0 Å². The Bertz CT molecular complexity index is 184. The molecule has 6 heteroatoms. The van der Waals surface area contributed by atoms with Crippen molar-refractivity contribution in [3.05, 3.63) is 28.9 Å². The summed E-state index contributed by atoms with van der Waals surface area (Å²) in [6.07, 6.45) is 2.79. The summed E-state index contributed by atoms with van der Waals surface area (Å²) in [5.41, 5.74) is -0.116. The third-order valence-electron chi connectivity index (χ3n) is 0.593. The molecule has 0 aliphatic heterocycles. The van der Waals surface area contributed by atoms with E-state index in [2.05, 4.69) is 9.97 Å². The van der Waals surface area contributed by atoms with Crippen LogP contribution in [0.4, 0.5) is 0 Å².